The molecule has 20 heteroatoms. The van der Waals surface area contributed by atoms with E-state index < -0.39 is 82.0 Å². The van der Waals surface area contributed by atoms with E-state index >= 15 is 0 Å². The van der Waals surface area contributed by atoms with Crippen LogP contribution < -0.4 is 10.6 Å². The van der Waals surface area contributed by atoms with E-state index in [0.29, 0.717) is 17.0 Å². The molecule has 0 spiro atoms. The minimum atomic E-state index is -3.30. The van der Waals surface area contributed by atoms with Gasteiger partial charge in [-0.05, 0) is 34.4 Å². The van der Waals surface area contributed by atoms with Gasteiger partial charge in [-0.2, -0.15) is 17.6 Å². The van der Waals surface area contributed by atoms with Crippen LogP contribution >= 0.6 is 0 Å². The van der Waals surface area contributed by atoms with Gasteiger partial charge in [0.2, 0.25) is 0 Å². The number of nitrogens with one attached hydrogen (secondary N) is 2. The monoisotopic (exact) mass is 854 g/mol. The molecule has 12 nitrogen and oxygen atoms in total. The topological polar surface area (TPSA) is 193 Å². The van der Waals surface area contributed by atoms with Crippen LogP contribution in [-0.2, 0) is 29.3 Å². The summed E-state index contributed by atoms with van der Waals surface area (Å²) in [7, 11) is -6.03. The number of aliphatic hydroxyl groups excluding tert-OH is 2. The fourth-order valence-electron chi connectivity index (χ4n) is 5.96. The molecule has 2 aliphatic heterocycles. The molecule has 310 valence electrons. The van der Waals surface area contributed by atoms with Crippen LogP contribution in [0.3, 0.4) is 0 Å². The molecule has 2 aliphatic rings. The Labute approximate surface area is 328 Å². The minimum Gasteiger partial charge on any atom is -0.386 e. The second-order valence-corrected chi connectivity index (χ2v) is 17.4. The molecule has 0 radical (unpaired) electrons. The standard InChI is InChI=1S/C19H19F3N2O4S.C19H17F3N2O4S/c2*20-7-16(24-19(26)18(21)22)17(25)12-3-1-11(2-4-12)13-5-6-15(23-8-13)14-9-29(27,28)10-14/h1-6,8,14,16-18,25H,7,9-10H2,(H,24,26);1-6,8-9,16-18,25H,7,10H2,(H,24,26)/t2*16-,17-/m11/s1. The van der Waals surface area contributed by atoms with Gasteiger partial charge in [-0.15, -0.1) is 0 Å². The summed E-state index contributed by atoms with van der Waals surface area (Å²) in [6, 6.07) is 16.6. The first kappa shape index (κ1) is 43.9. The summed E-state index contributed by atoms with van der Waals surface area (Å²) in [5, 5.41) is 25.1. The number of carbonyl (C=O) groups excluding carboxylic acids is 2. The van der Waals surface area contributed by atoms with E-state index in [0.717, 1.165) is 22.3 Å². The highest BCUT2D eigenvalue weighted by Crippen LogP contribution is 2.31. The van der Waals surface area contributed by atoms with Crippen molar-refractivity contribution in [2.45, 2.75) is 43.1 Å². The van der Waals surface area contributed by atoms with Crippen LogP contribution in [0, 0.1) is 0 Å². The molecule has 1 fully saturated rings. The van der Waals surface area contributed by atoms with Crippen molar-refractivity contribution in [3.63, 3.8) is 0 Å². The zero-order valence-corrected chi connectivity index (χ0v) is 31.7. The molecule has 4 N–H and O–H groups in total. The summed E-state index contributed by atoms with van der Waals surface area (Å²) in [6.45, 7) is -2.41. The molecule has 4 aromatic rings. The van der Waals surface area contributed by atoms with Gasteiger partial charge in [0.1, 0.15) is 25.6 Å². The van der Waals surface area contributed by atoms with Crippen LogP contribution in [0.2, 0.25) is 0 Å². The highest BCUT2D eigenvalue weighted by molar-refractivity contribution is 7.96. The zero-order valence-electron chi connectivity index (χ0n) is 30.1. The maximum absolute atomic E-state index is 13.1. The largest absolute Gasteiger partial charge is 0.386 e. The Morgan fingerprint density at radius 2 is 1.07 bits per heavy atom. The van der Waals surface area contributed by atoms with Crippen LogP contribution in [-0.4, -0.2) is 104 Å². The van der Waals surface area contributed by atoms with Gasteiger partial charge in [0.15, 0.2) is 19.7 Å². The molecule has 0 aliphatic carbocycles. The van der Waals surface area contributed by atoms with E-state index in [-0.39, 0.29) is 34.3 Å². The molecule has 1 saturated heterocycles. The van der Waals surface area contributed by atoms with Crippen molar-refractivity contribution >= 4 is 37.1 Å². The van der Waals surface area contributed by atoms with Crippen molar-refractivity contribution in [3.8, 4) is 22.3 Å². The molecule has 2 aromatic heterocycles. The Morgan fingerprint density at radius 1 is 0.655 bits per heavy atom. The molecule has 0 unspecified atom stereocenters. The summed E-state index contributed by atoms with van der Waals surface area (Å²) in [4.78, 5) is 30.6. The Hall–Kier alpha value is -5.18. The molecule has 0 saturated carbocycles. The number of sulfone groups is 2. The zero-order chi connectivity index (χ0) is 42.4. The van der Waals surface area contributed by atoms with Crippen molar-refractivity contribution in [2.24, 2.45) is 0 Å². The lowest BCUT2D eigenvalue weighted by atomic mass is 9.99. The second-order valence-electron chi connectivity index (χ2n) is 13.4. The first-order valence-corrected chi connectivity index (χ1v) is 20.9. The number of aromatic nitrogens is 2. The van der Waals surface area contributed by atoms with Gasteiger partial charge < -0.3 is 20.8 Å². The molecule has 4 heterocycles. The third kappa shape index (κ3) is 11.1. The molecule has 2 amide bonds. The third-order valence-corrected chi connectivity index (χ3v) is 12.4. The normalized spacial score (nSPS) is 17.7. The Balaban J connectivity index is 0.000000221. The Kier molecular flexibility index (Phi) is 14.1. The molecular weight excluding hydrogens is 819 g/mol. The number of nitrogens with zero attached hydrogens (tertiary/aromatic N) is 2. The summed E-state index contributed by atoms with van der Waals surface area (Å²) in [5.74, 6) is -3.22. The average Bonchev–Trinajstić information content (AvgIpc) is 3.19. The first-order chi connectivity index (χ1) is 27.4. The lowest BCUT2D eigenvalue weighted by Gasteiger charge is -2.25. The van der Waals surface area contributed by atoms with Crippen LogP contribution in [0.1, 0.15) is 40.6 Å². The van der Waals surface area contributed by atoms with Crippen molar-refractivity contribution in [1.29, 1.82) is 0 Å². The van der Waals surface area contributed by atoms with E-state index in [2.05, 4.69) is 9.97 Å². The van der Waals surface area contributed by atoms with Crippen LogP contribution in [0.5, 0.6) is 0 Å². The van der Waals surface area contributed by atoms with Gasteiger partial charge in [0.25, 0.3) is 11.8 Å². The maximum atomic E-state index is 13.1. The lowest BCUT2D eigenvalue weighted by molar-refractivity contribution is -0.134. The van der Waals surface area contributed by atoms with Gasteiger partial charge in [-0.1, -0.05) is 60.7 Å². The van der Waals surface area contributed by atoms with E-state index in [1.54, 1.807) is 71.6 Å². The van der Waals surface area contributed by atoms with Crippen LogP contribution in [0.25, 0.3) is 27.8 Å². The van der Waals surface area contributed by atoms with Gasteiger partial charge in [-0.25, -0.2) is 25.6 Å². The Morgan fingerprint density at radius 3 is 1.40 bits per heavy atom. The summed E-state index contributed by atoms with van der Waals surface area (Å²) >= 11 is 0. The minimum absolute atomic E-state index is 0.0379. The number of pyridine rings is 2. The van der Waals surface area contributed by atoms with Crippen molar-refractivity contribution in [3.05, 3.63) is 113 Å². The summed E-state index contributed by atoms with van der Waals surface area (Å²) < 4.78 is 120. The number of amides is 2. The Bertz CT molecular complexity index is 2310. The van der Waals surface area contributed by atoms with Gasteiger partial charge in [-0.3, -0.25) is 19.6 Å². The smallest absolute Gasteiger partial charge is 0.315 e. The number of rotatable bonds is 14. The quantitative estimate of drug-likeness (QED) is 0.133. The van der Waals surface area contributed by atoms with Crippen LogP contribution in [0.15, 0.2) is 90.6 Å². The number of benzene rings is 2. The molecule has 0 bridgehead atoms. The van der Waals surface area contributed by atoms with Gasteiger partial charge in [0, 0.05) is 46.1 Å². The van der Waals surface area contributed by atoms with E-state index in [9.17, 15) is 63.0 Å². The van der Waals surface area contributed by atoms with Crippen LogP contribution in [0.4, 0.5) is 26.3 Å². The van der Waals surface area contributed by atoms with Crippen molar-refractivity contribution in [2.75, 3.05) is 30.6 Å². The number of aliphatic hydroxyl groups is 2. The number of hydrogen-bond acceptors (Lipinski definition) is 10. The highest BCUT2D eigenvalue weighted by Gasteiger charge is 2.35. The lowest BCUT2D eigenvalue weighted by Crippen LogP contribution is -2.43. The number of hydrogen-bond donors (Lipinski definition) is 4. The number of alkyl halides is 6. The summed E-state index contributed by atoms with van der Waals surface area (Å²) in [5.41, 5.74) is 5.37. The van der Waals surface area contributed by atoms with Gasteiger partial charge >= 0.3 is 12.9 Å². The predicted octanol–water partition coefficient (Wildman–Crippen LogP) is 4.28. The van der Waals surface area contributed by atoms with E-state index in [1.165, 1.54) is 29.7 Å². The molecule has 2 aromatic carbocycles. The predicted molar refractivity (Wildman–Crippen MR) is 200 cm³/mol. The number of carbonyl (C=O) groups is 2. The third-order valence-electron chi connectivity index (χ3n) is 9.20. The fraction of sp³-hybridized carbons (Fsp3) is 0.316. The van der Waals surface area contributed by atoms with Crippen molar-refractivity contribution < 1.29 is 63.0 Å². The second kappa shape index (κ2) is 18.6. The average molecular weight is 855 g/mol. The molecule has 4 atom stereocenters. The van der Waals surface area contributed by atoms with E-state index in [4.69, 9.17) is 0 Å². The summed E-state index contributed by atoms with van der Waals surface area (Å²) in [6.07, 6.45) is -6.40. The number of halogens is 6. The van der Waals surface area contributed by atoms with Gasteiger partial charge in [0.05, 0.1) is 35.0 Å². The van der Waals surface area contributed by atoms with Crippen molar-refractivity contribution in [1.82, 2.24) is 20.6 Å². The fourth-order valence-corrected chi connectivity index (χ4v) is 8.51. The maximum Gasteiger partial charge on any atom is 0.315 e. The molecule has 6 rings (SSSR count). The highest BCUT2D eigenvalue weighted by atomic mass is 32.2. The van der Waals surface area contributed by atoms with E-state index in [1.807, 2.05) is 0 Å². The first-order valence-electron chi connectivity index (χ1n) is 17.3. The SMILES string of the molecule is O=C(N[C@H](CF)[C@H](O)c1ccc(-c2ccc(C3=CS(=O)(=O)C3)nc2)cc1)C(F)F.O=C(N[C@H](CF)[C@H](O)c1ccc(-c2ccc(C3CS(=O)(=O)C3)nc2)cc1)C(F)F. The molecule has 58 heavy (non-hydrogen) atoms. The molecular formula is C38H36F6N4O8S2.